The van der Waals surface area contributed by atoms with Gasteiger partial charge in [-0.2, -0.15) is 0 Å². The molecule has 1 saturated heterocycles. The van der Waals surface area contributed by atoms with E-state index in [1.54, 1.807) is 0 Å². The van der Waals surface area contributed by atoms with Gasteiger partial charge in [-0.3, -0.25) is 14.8 Å². The van der Waals surface area contributed by atoms with Crippen LogP contribution >= 0.6 is 12.2 Å². The Kier molecular flexibility index (Phi) is 7.74. The molecule has 1 amide bonds. The van der Waals surface area contributed by atoms with Crippen LogP contribution in [0.25, 0.3) is 0 Å². The number of nitrogens with zero attached hydrogens (tertiary/aromatic N) is 4. The summed E-state index contributed by atoms with van der Waals surface area (Å²) in [5.41, 5.74) is 8.65. The lowest BCUT2D eigenvalue weighted by atomic mass is 9.96. The normalized spacial score (nSPS) is 16.8. The zero-order valence-electron chi connectivity index (χ0n) is 22.8. The molecule has 4 aromatic rings. The number of hydrogen-bond acceptors (Lipinski definition) is 4. The SMILES string of the molecule is Cc1ccc(C)c(NC(=O)CCN2C(=S)N[C@H](c3ccccn3)[C@H]2c2cc(C)n(Cc3ccncc3)c2C)c1. The number of amides is 1. The zero-order valence-corrected chi connectivity index (χ0v) is 23.6. The molecule has 8 heteroatoms. The van der Waals surface area contributed by atoms with Crippen LogP contribution in [0.4, 0.5) is 5.69 Å². The van der Waals surface area contributed by atoms with Crippen LogP contribution in [0.3, 0.4) is 0 Å². The molecule has 1 aromatic carbocycles. The third-order valence-electron chi connectivity index (χ3n) is 7.47. The predicted octanol–water partition coefficient (Wildman–Crippen LogP) is 5.56. The summed E-state index contributed by atoms with van der Waals surface area (Å²) in [6.45, 7) is 9.57. The van der Waals surface area contributed by atoms with E-state index in [0.29, 0.717) is 18.1 Å². The molecule has 2 N–H and O–H groups in total. The molecule has 0 saturated carbocycles. The first-order valence-corrected chi connectivity index (χ1v) is 13.6. The van der Waals surface area contributed by atoms with Crippen LogP contribution in [-0.2, 0) is 11.3 Å². The van der Waals surface area contributed by atoms with Crippen molar-refractivity contribution in [3.8, 4) is 0 Å². The van der Waals surface area contributed by atoms with Crippen LogP contribution in [0.2, 0.25) is 0 Å². The maximum Gasteiger partial charge on any atom is 0.226 e. The minimum atomic E-state index is -0.129. The van der Waals surface area contributed by atoms with E-state index in [2.05, 4.69) is 50.0 Å². The molecule has 39 heavy (non-hydrogen) atoms. The van der Waals surface area contributed by atoms with E-state index in [1.807, 2.05) is 81.0 Å². The lowest BCUT2D eigenvalue weighted by Crippen LogP contribution is -2.33. The minimum Gasteiger partial charge on any atom is -0.352 e. The van der Waals surface area contributed by atoms with Crippen molar-refractivity contribution < 1.29 is 4.79 Å². The largest absolute Gasteiger partial charge is 0.352 e. The van der Waals surface area contributed by atoms with Gasteiger partial charge in [0.15, 0.2) is 5.11 Å². The topological polar surface area (TPSA) is 75.1 Å². The maximum absolute atomic E-state index is 13.0. The minimum absolute atomic E-state index is 0.0327. The fourth-order valence-corrected chi connectivity index (χ4v) is 5.66. The van der Waals surface area contributed by atoms with Crippen LogP contribution in [0.1, 0.15) is 57.8 Å². The highest BCUT2D eigenvalue weighted by atomic mass is 32.1. The Morgan fingerprint density at radius 3 is 2.56 bits per heavy atom. The summed E-state index contributed by atoms with van der Waals surface area (Å²) in [5.74, 6) is -0.0327. The summed E-state index contributed by atoms with van der Waals surface area (Å²) < 4.78 is 2.33. The van der Waals surface area contributed by atoms with Crippen molar-refractivity contribution >= 4 is 28.9 Å². The molecule has 5 rings (SSSR count). The number of pyridine rings is 2. The standard InChI is InChI=1S/C31H34N6OS/c1-20-8-9-21(2)27(17-20)34-28(38)12-16-36-30(29(35-31(36)39)26-7-5-6-13-33-26)25-18-22(3)37(23(25)4)19-24-10-14-32-15-11-24/h5-11,13-15,17-18,29-30H,12,16,19H2,1-4H3,(H,34,38)(H,35,39)/t29-,30-/m1/s1. The van der Waals surface area contributed by atoms with Gasteiger partial charge in [0.25, 0.3) is 0 Å². The van der Waals surface area contributed by atoms with Gasteiger partial charge in [0, 0.05) is 55.2 Å². The van der Waals surface area contributed by atoms with E-state index in [4.69, 9.17) is 12.2 Å². The first-order chi connectivity index (χ1) is 18.8. The van der Waals surface area contributed by atoms with Crippen molar-refractivity contribution in [2.24, 2.45) is 0 Å². The summed E-state index contributed by atoms with van der Waals surface area (Å²) in [4.78, 5) is 24.0. The van der Waals surface area contributed by atoms with E-state index < -0.39 is 0 Å². The quantitative estimate of drug-likeness (QED) is 0.286. The first kappa shape index (κ1) is 26.6. The van der Waals surface area contributed by atoms with Crippen LogP contribution in [-0.4, -0.2) is 37.0 Å². The Labute approximate surface area is 235 Å². The molecule has 0 bridgehead atoms. The lowest BCUT2D eigenvalue weighted by molar-refractivity contribution is -0.116. The van der Waals surface area contributed by atoms with Crippen molar-refractivity contribution in [1.29, 1.82) is 0 Å². The van der Waals surface area contributed by atoms with Gasteiger partial charge < -0.3 is 20.1 Å². The van der Waals surface area contributed by atoms with Crippen LogP contribution in [0, 0.1) is 27.7 Å². The number of thiocarbonyl (C=S) groups is 1. The van der Waals surface area contributed by atoms with Gasteiger partial charge in [-0.25, -0.2) is 0 Å². The van der Waals surface area contributed by atoms with E-state index in [1.165, 1.54) is 22.5 Å². The summed E-state index contributed by atoms with van der Waals surface area (Å²) in [6, 6.07) is 18.1. The molecule has 1 aliphatic heterocycles. The molecule has 1 aliphatic rings. The highest BCUT2D eigenvalue weighted by Crippen LogP contribution is 2.41. The molecule has 0 spiro atoms. The number of aromatic nitrogens is 3. The fourth-order valence-electron chi connectivity index (χ4n) is 5.33. The van der Waals surface area contributed by atoms with Crippen LogP contribution in [0.15, 0.2) is 73.2 Å². The number of anilines is 1. The molecular weight excluding hydrogens is 504 g/mol. The number of hydrogen-bond donors (Lipinski definition) is 2. The second-order valence-electron chi connectivity index (χ2n) is 10.2. The third kappa shape index (κ3) is 5.71. The first-order valence-electron chi connectivity index (χ1n) is 13.2. The molecule has 4 heterocycles. The summed E-state index contributed by atoms with van der Waals surface area (Å²) in [7, 11) is 0. The summed E-state index contributed by atoms with van der Waals surface area (Å²) in [5, 5.41) is 7.23. The maximum atomic E-state index is 13.0. The predicted molar refractivity (Wildman–Crippen MR) is 159 cm³/mol. The van der Waals surface area contributed by atoms with Gasteiger partial charge in [0.05, 0.1) is 17.8 Å². The molecule has 0 unspecified atom stereocenters. The van der Waals surface area contributed by atoms with Crippen molar-refractivity contribution in [1.82, 2.24) is 24.8 Å². The highest BCUT2D eigenvalue weighted by molar-refractivity contribution is 7.80. The van der Waals surface area contributed by atoms with E-state index in [0.717, 1.165) is 29.1 Å². The smallest absolute Gasteiger partial charge is 0.226 e. The van der Waals surface area contributed by atoms with Gasteiger partial charge in [0.2, 0.25) is 5.91 Å². The highest BCUT2D eigenvalue weighted by Gasteiger charge is 2.41. The Hall–Kier alpha value is -4.04. The summed E-state index contributed by atoms with van der Waals surface area (Å²) >= 11 is 5.84. The Morgan fingerprint density at radius 1 is 1.03 bits per heavy atom. The lowest BCUT2D eigenvalue weighted by Gasteiger charge is -2.28. The van der Waals surface area contributed by atoms with Crippen molar-refractivity contribution in [2.75, 3.05) is 11.9 Å². The number of rotatable bonds is 8. The van der Waals surface area contributed by atoms with Crippen LogP contribution < -0.4 is 10.6 Å². The number of carbonyl (C=O) groups is 1. The van der Waals surface area contributed by atoms with Gasteiger partial charge in [-0.15, -0.1) is 0 Å². The molecule has 200 valence electrons. The van der Waals surface area contributed by atoms with Crippen molar-refractivity contribution in [3.05, 3.63) is 113 Å². The molecule has 3 aromatic heterocycles. The summed E-state index contributed by atoms with van der Waals surface area (Å²) in [6.07, 6.45) is 5.78. The van der Waals surface area contributed by atoms with Crippen molar-refractivity contribution in [3.63, 3.8) is 0 Å². The molecule has 0 aliphatic carbocycles. The van der Waals surface area contributed by atoms with Gasteiger partial charge >= 0.3 is 0 Å². The molecule has 7 nitrogen and oxygen atoms in total. The monoisotopic (exact) mass is 538 g/mol. The third-order valence-corrected chi connectivity index (χ3v) is 7.82. The average molecular weight is 539 g/mol. The Balaban J connectivity index is 1.43. The van der Waals surface area contributed by atoms with Gasteiger partial charge in [0.1, 0.15) is 0 Å². The van der Waals surface area contributed by atoms with Gasteiger partial charge in [-0.1, -0.05) is 18.2 Å². The zero-order chi connectivity index (χ0) is 27.5. The average Bonchev–Trinajstić information content (AvgIpc) is 3.41. The Bertz CT molecular complexity index is 1480. The molecule has 1 fully saturated rings. The number of aryl methyl sites for hydroxylation is 3. The number of carbonyl (C=O) groups excluding carboxylic acids is 1. The van der Waals surface area contributed by atoms with E-state index in [9.17, 15) is 4.79 Å². The number of benzene rings is 1. The molecule has 0 radical (unpaired) electrons. The van der Waals surface area contributed by atoms with E-state index >= 15 is 0 Å². The molecule has 2 atom stereocenters. The Morgan fingerprint density at radius 2 is 1.82 bits per heavy atom. The van der Waals surface area contributed by atoms with Crippen molar-refractivity contribution in [2.45, 2.75) is 52.7 Å². The van der Waals surface area contributed by atoms with Crippen LogP contribution in [0.5, 0.6) is 0 Å². The fraction of sp³-hybridized carbons (Fsp3) is 0.290. The second kappa shape index (κ2) is 11.4. The van der Waals surface area contributed by atoms with E-state index in [-0.39, 0.29) is 18.0 Å². The molecular formula is C31H34N6OS. The van der Waals surface area contributed by atoms with Gasteiger partial charge in [-0.05, 0) is 98.6 Å². The number of nitrogens with one attached hydrogen (secondary N) is 2. The second-order valence-corrected chi connectivity index (χ2v) is 10.6.